The first-order valence-electron chi connectivity index (χ1n) is 8.97. The van der Waals surface area contributed by atoms with E-state index in [9.17, 15) is 9.59 Å². The van der Waals surface area contributed by atoms with E-state index in [0.29, 0.717) is 18.0 Å². The molecule has 6 heteroatoms. The van der Waals surface area contributed by atoms with Gasteiger partial charge in [-0.05, 0) is 38.3 Å². The van der Waals surface area contributed by atoms with Gasteiger partial charge in [0.2, 0.25) is 5.91 Å². The molecule has 0 spiro atoms. The van der Waals surface area contributed by atoms with Crippen LogP contribution in [0.25, 0.3) is 0 Å². The fourth-order valence-electron chi connectivity index (χ4n) is 3.59. The van der Waals surface area contributed by atoms with Crippen LogP contribution in [0, 0.1) is 5.92 Å². The van der Waals surface area contributed by atoms with E-state index in [1.54, 1.807) is 12.3 Å². The SMILES string of the molecule is CCNC(=O)c1ccc(NC2CCN(C(=O)C3CCCC3)C2)nc1. The van der Waals surface area contributed by atoms with Gasteiger partial charge in [0.15, 0.2) is 0 Å². The van der Waals surface area contributed by atoms with Crippen LogP contribution in [-0.4, -0.2) is 47.4 Å². The molecule has 0 bridgehead atoms. The van der Waals surface area contributed by atoms with Crippen LogP contribution in [0.15, 0.2) is 18.3 Å². The van der Waals surface area contributed by atoms with Gasteiger partial charge in [0.05, 0.1) is 5.56 Å². The van der Waals surface area contributed by atoms with Crippen LogP contribution in [-0.2, 0) is 4.79 Å². The lowest BCUT2D eigenvalue weighted by Gasteiger charge is -2.20. The molecule has 1 aromatic heterocycles. The van der Waals surface area contributed by atoms with Crippen molar-refractivity contribution in [2.45, 2.75) is 45.1 Å². The van der Waals surface area contributed by atoms with E-state index >= 15 is 0 Å². The smallest absolute Gasteiger partial charge is 0.252 e. The van der Waals surface area contributed by atoms with Crippen molar-refractivity contribution < 1.29 is 9.59 Å². The first-order chi connectivity index (χ1) is 11.7. The fraction of sp³-hybridized carbons (Fsp3) is 0.611. The van der Waals surface area contributed by atoms with Crippen LogP contribution in [0.1, 0.15) is 49.4 Å². The normalized spacial score (nSPS) is 21.0. The Morgan fingerprint density at radius 2 is 2.04 bits per heavy atom. The molecule has 1 saturated carbocycles. The fourth-order valence-corrected chi connectivity index (χ4v) is 3.59. The number of carbonyl (C=O) groups is 2. The molecule has 1 aromatic rings. The zero-order valence-corrected chi connectivity index (χ0v) is 14.3. The summed E-state index contributed by atoms with van der Waals surface area (Å²) in [6.07, 6.45) is 7.01. The highest BCUT2D eigenvalue weighted by Crippen LogP contribution is 2.28. The molecule has 3 rings (SSSR count). The predicted molar refractivity (Wildman–Crippen MR) is 92.8 cm³/mol. The maximum atomic E-state index is 12.5. The van der Waals surface area contributed by atoms with E-state index in [0.717, 1.165) is 38.2 Å². The first kappa shape index (κ1) is 16.7. The molecule has 1 atom stereocenters. The molecule has 1 aliphatic carbocycles. The number of nitrogens with one attached hydrogen (secondary N) is 2. The molecular formula is C18H26N4O2. The molecule has 1 saturated heterocycles. The zero-order chi connectivity index (χ0) is 16.9. The van der Waals surface area contributed by atoms with Crippen LogP contribution in [0.2, 0.25) is 0 Å². The second-order valence-electron chi connectivity index (χ2n) is 6.69. The van der Waals surface area contributed by atoms with Gasteiger partial charge in [-0.3, -0.25) is 9.59 Å². The molecule has 2 aliphatic rings. The van der Waals surface area contributed by atoms with Gasteiger partial charge in [-0.15, -0.1) is 0 Å². The van der Waals surface area contributed by atoms with Crippen molar-refractivity contribution in [3.05, 3.63) is 23.9 Å². The Morgan fingerprint density at radius 3 is 2.71 bits per heavy atom. The first-order valence-corrected chi connectivity index (χ1v) is 8.97. The topological polar surface area (TPSA) is 74.3 Å². The second kappa shape index (κ2) is 7.64. The van der Waals surface area contributed by atoms with Crippen LogP contribution in [0.5, 0.6) is 0 Å². The molecular weight excluding hydrogens is 304 g/mol. The second-order valence-corrected chi connectivity index (χ2v) is 6.69. The third-order valence-corrected chi connectivity index (χ3v) is 4.92. The van der Waals surface area contributed by atoms with Crippen molar-refractivity contribution >= 4 is 17.6 Å². The average Bonchev–Trinajstić information content (AvgIpc) is 3.27. The number of anilines is 1. The Bertz CT molecular complexity index is 581. The highest BCUT2D eigenvalue weighted by Gasteiger charge is 2.32. The van der Waals surface area contributed by atoms with Crippen molar-refractivity contribution in [2.75, 3.05) is 25.0 Å². The van der Waals surface area contributed by atoms with Crippen molar-refractivity contribution in [1.29, 1.82) is 0 Å². The lowest BCUT2D eigenvalue weighted by molar-refractivity contribution is -0.134. The summed E-state index contributed by atoms with van der Waals surface area (Å²) in [4.78, 5) is 30.5. The lowest BCUT2D eigenvalue weighted by Crippen LogP contribution is -2.35. The largest absolute Gasteiger partial charge is 0.365 e. The van der Waals surface area contributed by atoms with Crippen LogP contribution in [0.3, 0.4) is 0 Å². The summed E-state index contributed by atoms with van der Waals surface area (Å²) in [5.74, 6) is 1.23. The minimum Gasteiger partial charge on any atom is -0.365 e. The van der Waals surface area contributed by atoms with Gasteiger partial charge in [-0.25, -0.2) is 4.98 Å². The van der Waals surface area contributed by atoms with Gasteiger partial charge >= 0.3 is 0 Å². The molecule has 2 amide bonds. The summed E-state index contributed by atoms with van der Waals surface area (Å²) in [5.41, 5.74) is 0.562. The molecule has 2 fully saturated rings. The monoisotopic (exact) mass is 330 g/mol. The Hall–Kier alpha value is -2.11. The summed E-state index contributed by atoms with van der Waals surface area (Å²) in [7, 11) is 0. The average molecular weight is 330 g/mol. The number of carbonyl (C=O) groups excluding carboxylic acids is 2. The van der Waals surface area contributed by atoms with Gasteiger partial charge in [0.25, 0.3) is 5.91 Å². The van der Waals surface area contributed by atoms with Gasteiger partial charge in [-0.2, -0.15) is 0 Å². The Balaban J connectivity index is 1.51. The Kier molecular flexibility index (Phi) is 5.33. The molecule has 1 unspecified atom stereocenters. The summed E-state index contributed by atoms with van der Waals surface area (Å²) >= 11 is 0. The number of amides is 2. The van der Waals surface area contributed by atoms with Gasteiger partial charge in [0.1, 0.15) is 5.82 Å². The highest BCUT2D eigenvalue weighted by molar-refractivity contribution is 5.94. The molecule has 2 N–H and O–H groups in total. The van der Waals surface area contributed by atoms with Crippen LogP contribution >= 0.6 is 0 Å². The molecule has 0 aromatic carbocycles. The van der Waals surface area contributed by atoms with E-state index in [1.165, 1.54) is 12.8 Å². The molecule has 1 aliphatic heterocycles. The van der Waals surface area contributed by atoms with Gasteiger partial charge in [0, 0.05) is 37.8 Å². The van der Waals surface area contributed by atoms with Gasteiger partial charge < -0.3 is 15.5 Å². The Morgan fingerprint density at radius 1 is 1.25 bits per heavy atom. The lowest BCUT2D eigenvalue weighted by atomic mass is 10.1. The molecule has 0 radical (unpaired) electrons. The van der Waals surface area contributed by atoms with E-state index in [1.807, 2.05) is 17.9 Å². The molecule has 2 heterocycles. The van der Waals surface area contributed by atoms with Gasteiger partial charge in [-0.1, -0.05) is 12.8 Å². The zero-order valence-electron chi connectivity index (χ0n) is 14.3. The number of hydrogen-bond donors (Lipinski definition) is 2. The number of aromatic nitrogens is 1. The summed E-state index contributed by atoms with van der Waals surface area (Å²) in [5, 5.41) is 6.13. The summed E-state index contributed by atoms with van der Waals surface area (Å²) in [6, 6.07) is 3.83. The van der Waals surface area contributed by atoms with Crippen LogP contribution in [0.4, 0.5) is 5.82 Å². The number of hydrogen-bond acceptors (Lipinski definition) is 4. The standard InChI is InChI=1S/C18H26N4O2/c1-2-19-17(23)14-7-8-16(20-11-14)21-15-9-10-22(12-15)18(24)13-5-3-4-6-13/h7-8,11,13,15H,2-6,9-10,12H2,1H3,(H,19,23)(H,20,21). The minimum atomic E-state index is -0.106. The van der Waals surface area contributed by atoms with Crippen molar-refractivity contribution in [3.63, 3.8) is 0 Å². The van der Waals surface area contributed by atoms with Crippen LogP contribution < -0.4 is 10.6 Å². The molecule has 6 nitrogen and oxygen atoms in total. The van der Waals surface area contributed by atoms with Crippen molar-refractivity contribution in [3.8, 4) is 0 Å². The quantitative estimate of drug-likeness (QED) is 0.866. The van der Waals surface area contributed by atoms with E-state index in [2.05, 4.69) is 15.6 Å². The third-order valence-electron chi connectivity index (χ3n) is 4.92. The summed E-state index contributed by atoms with van der Waals surface area (Å²) < 4.78 is 0. The summed E-state index contributed by atoms with van der Waals surface area (Å²) in [6.45, 7) is 4.06. The van der Waals surface area contributed by atoms with E-state index in [4.69, 9.17) is 0 Å². The molecule has 130 valence electrons. The van der Waals surface area contributed by atoms with E-state index in [-0.39, 0.29) is 17.9 Å². The Labute approximate surface area is 143 Å². The minimum absolute atomic E-state index is 0.106. The number of rotatable bonds is 5. The van der Waals surface area contributed by atoms with Crippen molar-refractivity contribution in [1.82, 2.24) is 15.2 Å². The predicted octanol–water partition coefficient (Wildman–Crippen LogP) is 2.03. The number of likely N-dealkylation sites (tertiary alicyclic amines) is 1. The molecule has 24 heavy (non-hydrogen) atoms. The number of pyridine rings is 1. The maximum Gasteiger partial charge on any atom is 0.252 e. The highest BCUT2D eigenvalue weighted by atomic mass is 16.2. The maximum absolute atomic E-state index is 12.5. The van der Waals surface area contributed by atoms with Crippen molar-refractivity contribution in [2.24, 2.45) is 5.92 Å². The third kappa shape index (κ3) is 3.86. The number of nitrogens with zero attached hydrogens (tertiary/aromatic N) is 2. The van der Waals surface area contributed by atoms with E-state index < -0.39 is 0 Å².